The van der Waals surface area contributed by atoms with E-state index in [2.05, 4.69) is 0 Å². The Morgan fingerprint density at radius 1 is 1.42 bits per heavy atom. The molecule has 0 aromatic heterocycles. The Labute approximate surface area is 118 Å². The van der Waals surface area contributed by atoms with Crippen LogP contribution < -0.4 is 0 Å². The van der Waals surface area contributed by atoms with Crippen molar-refractivity contribution >= 4 is 27.9 Å². The Morgan fingerprint density at radius 3 is 2.42 bits per heavy atom. The van der Waals surface area contributed by atoms with Gasteiger partial charge in [0.15, 0.2) is 0 Å². The fourth-order valence-electron chi connectivity index (χ4n) is 2.13. The van der Waals surface area contributed by atoms with Gasteiger partial charge in [0.1, 0.15) is 6.04 Å². The summed E-state index contributed by atoms with van der Waals surface area (Å²) in [4.78, 5) is 11.3. The fourth-order valence-corrected chi connectivity index (χ4v) is 6.00. The second-order valence-electron chi connectivity index (χ2n) is 5.36. The van der Waals surface area contributed by atoms with Crippen LogP contribution in [0, 0.1) is 5.92 Å². The normalized spacial score (nSPS) is 29.3. The van der Waals surface area contributed by atoms with E-state index in [1.807, 2.05) is 0 Å². The van der Waals surface area contributed by atoms with Crippen molar-refractivity contribution in [2.75, 3.05) is 12.8 Å². The molecule has 1 saturated carbocycles. The van der Waals surface area contributed by atoms with Crippen LogP contribution in [0.5, 0.6) is 0 Å². The van der Waals surface area contributed by atoms with Gasteiger partial charge < -0.3 is 5.11 Å². The van der Waals surface area contributed by atoms with Crippen LogP contribution >= 0.6 is 11.8 Å². The number of nitrogens with zero attached hydrogens (tertiary/aromatic N) is 2. The Hall–Kier alpha value is -0.310. The molecule has 2 rings (SSSR count). The number of carboxylic acid groups (broad SMARTS) is 1. The first-order valence-corrected chi connectivity index (χ1v) is 8.82. The van der Waals surface area contributed by atoms with Gasteiger partial charge in [-0.1, -0.05) is 0 Å². The summed E-state index contributed by atoms with van der Waals surface area (Å²) in [6.45, 7) is 3.56. The average molecular weight is 308 g/mol. The molecular formula is C11H20N2O4S2. The van der Waals surface area contributed by atoms with Crippen LogP contribution in [0.25, 0.3) is 0 Å². The summed E-state index contributed by atoms with van der Waals surface area (Å²) in [6, 6.07) is -1.13. The topological polar surface area (TPSA) is 77.9 Å². The summed E-state index contributed by atoms with van der Waals surface area (Å²) in [5.41, 5.74) is 0. The molecule has 19 heavy (non-hydrogen) atoms. The minimum atomic E-state index is -3.72. The van der Waals surface area contributed by atoms with Gasteiger partial charge in [0.05, 0.1) is 5.37 Å². The number of hydrogen-bond acceptors (Lipinski definition) is 4. The van der Waals surface area contributed by atoms with E-state index in [9.17, 15) is 18.3 Å². The van der Waals surface area contributed by atoms with Crippen molar-refractivity contribution in [1.29, 1.82) is 0 Å². The van der Waals surface area contributed by atoms with Crippen LogP contribution in [-0.2, 0) is 15.0 Å². The van der Waals surface area contributed by atoms with E-state index in [0.29, 0.717) is 11.7 Å². The zero-order chi connectivity index (χ0) is 14.4. The molecule has 0 radical (unpaired) electrons. The highest BCUT2D eigenvalue weighted by atomic mass is 32.2. The molecule has 1 aliphatic carbocycles. The predicted molar refractivity (Wildman–Crippen MR) is 74.1 cm³/mol. The lowest BCUT2D eigenvalue weighted by atomic mass is 10.3. The summed E-state index contributed by atoms with van der Waals surface area (Å²) >= 11 is 1.45. The van der Waals surface area contributed by atoms with Crippen molar-refractivity contribution in [3.63, 3.8) is 0 Å². The molecule has 1 N–H and O–H groups in total. The molecule has 2 fully saturated rings. The van der Waals surface area contributed by atoms with E-state index >= 15 is 0 Å². The van der Waals surface area contributed by atoms with Crippen LogP contribution in [0.1, 0.15) is 26.7 Å². The van der Waals surface area contributed by atoms with Crippen LogP contribution in [0.15, 0.2) is 0 Å². The predicted octanol–water partition coefficient (Wildman–Crippen LogP) is 0.810. The smallest absolute Gasteiger partial charge is 0.322 e. The third-order valence-corrected chi connectivity index (χ3v) is 7.41. The summed E-state index contributed by atoms with van der Waals surface area (Å²) in [7, 11) is -2.22. The Bertz CT molecular complexity index is 461. The molecule has 2 unspecified atom stereocenters. The van der Waals surface area contributed by atoms with Crippen molar-refractivity contribution in [1.82, 2.24) is 8.61 Å². The monoisotopic (exact) mass is 308 g/mol. The largest absolute Gasteiger partial charge is 0.480 e. The van der Waals surface area contributed by atoms with Gasteiger partial charge in [-0.2, -0.15) is 17.0 Å². The number of carbonyl (C=O) groups is 1. The Kier molecular flexibility index (Phi) is 4.15. The summed E-state index contributed by atoms with van der Waals surface area (Å²) < 4.78 is 27.7. The molecule has 2 atom stereocenters. The van der Waals surface area contributed by atoms with Gasteiger partial charge in [-0.3, -0.25) is 4.79 Å². The highest BCUT2D eigenvalue weighted by molar-refractivity contribution is 8.01. The van der Waals surface area contributed by atoms with Gasteiger partial charge in [-0.05, 0) is 32.6 Å². The number of hydrogen-bond donors (Lipinski definition) is 1. The van der Waals surface area contributed by atoms with E-state index < -0.39 is 22.2 Å². The minimum Gasteiger partial charge on any atom is -0.480 e. The van der Waals surface area contributed by atoms with Crippen LogP contribution in [-0.4, -0.2) is 58.4 Å². The van der Waals surface area contributed by atoms with E-state index in [1.54, 1.807) is 13.8 Å². The lowest BCUT2D eigenvalue weighted by Gasteiger charge is -2.32. The molecular weight excluding hydrogens is 288 g/mol. The van der Waals surface area contributed by atoms with E-state index in [0.717, 1.165) is 12.8 Å². The zero-order valence-corrected chi connectivity index (χ0v) is 12.9. The average Bonchev–Trinajstić information content (AvgIpc) is 3.05. The summed E-state index contributed by atoms with van der Waals surface area (Å²) in [5, 5.41) is 9.03. The van der Waals surface area contributed by atoms with Gasteiger partial charge in [-0.15, -0.1) is 11.8 Å². The maximum atomic E-state index is 12.6. The fraction of sp³-hybridized carbons (Fsp3) is 0.909. The van der Waals surface area contributed by atoms with Crippen LogP contribution in [0.2, 0.25) is 0 Å². The molecule has 1 saturated heterocycles. The summed E-state index contributed by atoms with van der Waals surface area (Å²) in [5.74, 6) is -0.414. The molecule has 0 aromatic rings. The third kappa shape index (κ3) is 2.76. The van der Waals surface area contributed by atoms with Crippen molar-refractivity contribution in [3.8, 4) is 0 Å². The van der Waals surface area contributed by atoms with E-state index in [4.69, 9.17) is 0 Å². The molecule has 0 amide bonds. The standard InChI is InChI=1S/C11H20N2O4S2/c1-7(2)12(3)19(16,17)13-9(11(14)15)6-18-10(13)8-4-5-8/h7-10H,4-6H2,1-3H3,(H,14,15). The van der Waals surface area contributed by atoms with Gasteiger partial charge in [0.2, 0.25) is 0 Å². The second kappa shape index (κ2) is 5.23. The lowest BCUT2D eigenvalue weighted by molar-refractivity contribution is -0.140. The van der Waals surface area contributed by atoms with Gasteiger partial charge in [0.25, 0.3) is 10.2 Å². The molecule has 0 aromatic carbocycles. The highest BCUT2D eigenvalue weighted by Crippen LogP contribution is 2.47. The SMILES string of the molecule is CC(C)N(C)S(=O)(=O)N1C(C(=O)O)CSC1C1CC1. The van der Waals surface area contributed by atoms with E-state index in [-0.39, 0.29) is 11.4 Å². The number of thioether (sulfide) groups is 1. The second-order valence-corrected chi connectivity index (χ2v) is 8.41. The molecule has 0 bridgehead atoms. The number of rotatable bonds is 5. The van der Waals surface area contributed by atoms with E-state index in [1.165, 1.54) is 27.4 Å². The highest BCUT2D eigenvalue weighted by Gasteiger charge is 2.52. The first kappa shape index (κ1) is 15.1. The minimum absolute atomic E-state index is 0.190. The van der Waals surface area contributed by atoms with Crippen molar-refractivity contribution in [2.45, 2.75) is 44.1 Å². The van der Waals surface area contributed by atoms with Crippen molar-refractivity contribution in [2.24, 2.45) is 5.92 Å². The molecule has 110 valence electrons. The van der Waals surface area contributed by atoms with Crippen molar-refractivity contribution in [3.05, 3.63) is 0 Å². The zero-order valence-electron chi connectivity index (χ0n) is 11.3. The summed E-state index contributed by atoms with van der Waals surface area (Å²) in [6.07, 6.45) is 1.98. The maximum Gasteiger partial charge on any atom is 0.322 e. The Balaban J connectivity index is 2.32. The van der Waals surface area contributed by atoms with Gasteiger partial charge in [0, 0.05) is 18.8 Å². The van der Waals surface area contributed by atoms with Crippen LogP contribution in [0.4, 0.5) is 0 Å². The quantitative estimate of drug-likeness (QED) is 0.813. The van der Waals surface area contributed by atoms with Gasteiger partial charge >= 0.3 is 5.97 Å². The first-order chi connectivity index (χ1) is 8.76. The molecule has 8 heteroatoms. The molecule has 0 spiro atoms. The maximum absolute atomic E-state index is 12.6. The number of carboxylic acids is 1. The van der Waals surface area contributed by atoms with Gasteiger partial charge in [-0.25, -0.2) is 0 Å². The molecule has 1 aliphatic heterocycles. The van der Waals surface area contributed by atoms with Crippen molar-refractivity contribution < 1.29 is 18.3 Å². The molecule has 6 nitrogen and oxygen atoms in total. The third-order valence-electron chi connectivity index (χ3n) is 3.65. The Morgan fingerprint density at radius 2 is 2.00 bits per heavy atom. The molecule has 1 heterocycles. The molecule has 2 aliphatic rings. The lowest BCUT2D eigenvalue weighted by Crippen LogP contribution is -2.52. The first-order valence-electron chi connectivity index (χ1n) is 6.37. The number of aliphatic carboxylic acids is 1. The van der Waals surface area contributed by atoms with Crippen LogP contribution in [0.3, 0.4) is 0 Å².